The number of aromatic nitrogens is 4. The number of aromatic amines is 1. The summed E-state index contributed by atoms with van der Waals surface area (Å²) in [7, 11) is 0. The van der Waals surface area contributed by atoms with Gasteiger partial charge >= 0.3 is 6.18 Å². The molecule has 4 rings (SSSR count). The van der Waals surface area contributed by atoms with Gasteiger partial charge in [0.05, 0.1) is 24.0 Å². The van der Waals surface area contributed by atoms with Crippen molar-refractivity contribution < 1.29 is 18.3 Å². The molecular weight excluding hydrogens is 335 g/mol. The van der Waals surface area contributed by atoms with Crippen LogP contribution in [0.4, 0.5) is 19.0 Å². The number of imidazole rings is 1. The van der Waals surface area contributed by atoms with Crippen LogP contribution >= 0.6 is 0 Å². The Labute approximate surface area is 140 Å². The Morgan fingerprint density at radius 1 is 1.16 bits per heavy atom. The lowest BCUT2D eigenvalue weighted by molar-refractivity contribution is -0.138. The number of fused-ring (bicyclic) bond motifs is 1. The molecule has 2 unspecified atom stereocenters. The van der Waals surface area contributed by atoms with E-state index in [4.69, 9.17) is 0 Å². The van der Waals surface area contributed by atoms with E-state index in [2.05, 4.69) is 19.9 Å². The van der Waals surface area contributed by atoms with E-state index in [1.54, 1.807) is 11.0 Å². The highest BCUT2D eigenvalue weighted by atomic mass is 19.4. The van der Waals surface area contributed by atoms with Crippen LogP contribution in [0.15, 0.2) is 36.9 Å². The first-order chi connectivity index (χ1) is 11.9. The molecule has 2 aromatic heterocycles. The van der Waals surface area contributed by atoms with Gasteiger partial charge in [0.2, 0.25) is 0 Å². The van der Waals surface area contributed by atoms with E-state index >= 15 is 0 Å². The largest absolute Gasteiger partial charge is 0.416 e. The Morgan fingerprint density at radius 3 is 2.76 bits per heavy atom. The highest BCUT2D eigenvalue weighted by Crippen LogP contribution is 2.42. The molecule has 0 saturated carbocycles. The van der Waals surface area contributed by atoms with Crippen molar-refractivity contribution in [3.05, 3.63) is 48.0 Å². The van der Waals surface area contributed by atoms with Gasteiger partial charge in [0, 0.05) is 6.54 Å². The molecule has 1 saturated heterocycles. The second-order valence-electron chi connectivity index (χ2n) is 5.94. The van der Waals surface area contributed by atoms with Crippen LogP contribution in [0.2, 0.25) is 0 Å². The van der Waals surface area contributed by atoms with Gasteiger partial charge < -0.3 is 15.0 Å². The quantitative estimate of drug-likeness (QED) is 0.744. The van der Waals surface area contributed by atoms with Gasteiger partial charge in [-0.05, 0) is 18.1 Å². The number of benzene rings is 1. The van der Waals surface area contributed by atoms with E-state index in [1.165, 1.54) is 24.8 Å². The standard InChI is InChI=1S/C16H14F3N5O/c17-16(18,19)11-4-2-1-3-10(11)12-5-9(25)6-24(12)15-13-14(21-7-20-13)22-8-23-15/h1-4,7-9,12,25H,5-6H2,(H,20,21,22,23). The van der Waals surface area contributed by atoms with E-state index in [-0.39, 0.29) is 18.5 Å². The molecule has 1 aromatic carbocycles. The minimum Gasteiger partial charge on any atom is -0.391 e. The van der Waals surface area contributed by atoms with Gasteiger partial charge in [-0.2, -0.15) is 13.2 Å². The van der Waals surface area contributed by atoms with E-state index in [1.807, 2.05) is 0 Å². The van der Waals surface area contributed by atoms with Gasteiger partial charge in [-0.15, -0.1) is 0 Å². The number of halogens is 3. The number of aliphatic hydroxyl groups excluding tert-OH is 1. The predicted octanol–water partition coefficient (Wildman–Crippen LogP) is 2.68. The average Bonchev–Trinajstić information content (AvgIpc) is 3.20. The van der Waals surface area contributed by atoms with Crippen molar-refractivity contribution in [1.82, 2.24) is 19.9 Å². The van der Waals surface area contributed by atoms with Gasteiger partial charge in [0.25, 0.3) is 0 Å². The monoisotopic (exact) mass is 349 g/mol. The molecule has 1 fully saturated rings. The van der Waals surface area contributed by atoms with Gasteiger partial charge in [0.1, 0.15) is 11.8 Å². The fourth-order valence-electron chi connectivity index (χ4n) is 3.36. The van der Waals surface area contributed by atoms with Crippen LogP contribution in [-0.4, -0.2) is 37.7 Å². The van der Waals surface area contributed by atoms with Crippen molar-refractivity contribution in [2.45, 2.75) is 24.7 Å². The van der Waals surface area contributed by atoms with Crippen LogP contribution in [-0.2, 0) is 6.18 Å². The second kappa shape index (κ2) is 5.69. The van der Waals surface area contributed by atoms with Crippen molar-refractivity contribution >= 4 is 17.0 Å². The van der Waals surface area contributed by atoms with E-state index in [9.17, 15) is 18.3 Å². The zero-order valence-corrected chi connectivity index (χ0v) is 12.9. The molecule has 3 aromatic rings. The van der Waals surface area contributed by atoms with E-state index in [0.717, 1.165) is 6.07 Å². The number of hydrogen-bond donors (Lipinski definition) is 2. The second-order valence-corrected chi connectivity index (χ2v) is 5.94. The molecule has 2 N–H and O–H groups in total. The van der Waals surface area contributed by atoms with Crippen molar-refractivity contribution in [2.24, 2.45) is 0 Å². The third kappa shape index (κ3) is 2.70. The van der Waals surface area contributed by atoms with Crippen molar-refractivity contribution in [1.29, 1.82) is 0 Å². The third-order valence-electron chi connectivity index (χ3n) is 4.38. The molecule has 130 valence electrons. The summed E-state index contributed by atoms with van der Waals surface area (Å²) in [4.78, 5) is 16.9. The van der Waals surface area contributed by atoms with E-state index in [0.29, 0.717) is 17.0 Å². The topological polar surface area (TPSA) is 77.9 Å². The number of nitrogens with one attached hydrogen (secondary N) is 1. The molecule has 1 aliphatic rings. The minimum atomic E-state index is -4.47. The number of nitrogens with zero attached hydrogens (tertiary/aromatic N) is 4. The lowest BCUT2D eigenvalue weighted by Crippen LogP contribution is -2.27. The highest BCUT2D eigenvalue weighted by Gasteiger charge is 2.40. The van der Waals surface area contributed by atoms with Crippen molar-refractivity contribution in [2.75, 3.05) is 11.4 Å². The number of hydrogen-bond acceptors (Lipinski definition) is 5. The SMILES string of the molecule is OC1CC(c2ccccc2C(F)(F)F)N(c2ncnc3nc[nH]c23)C1. The van der Waals surface area contributed by atoms with Crippen LogP contribution in [0.25, 0.3) is 11.2 Å². The summed E-state index contributed by atoms with van der Waals surface area (Å²) in [6, 6.07) is 4.79. The Balaban J connectivity index is 1.84. The number of H-pyrrole nitrogens is 1. The Kier molecular flexibility index (Phi) is 3.60. The number of β-amino-alcohol motifs (C(OH)–C–C–N with tert-alkyl or cyclic N) is 1. The molecule has 0 aliphatic carbocycles. The first kappa shape index (κ1) is 15.8. The Bertz CT molecular complexity index is 910. The highest BCUT2D eigenvalue weighted by molar-refractivity contribution is 5.83. The molecule has 9 heteroatoms. The smallest absolute Gasteiger partial charge is 0.391 e. The van der Waals surface area contributed by atoms with Crippen molar-refractivity contribution in [3.8, 4) is 0 Å². The summed E-state index contributed by atoms with van der Waals surface area (Å²) >= 11 is 0. The van der Waals surface area contributed by atoms with Crippen LogP contribution in [0.1, 0.15) is 23.6 Å². The molecule has 6 nitrogen and oxygen atoms in total. The van der Waals surface area contributed by atoms with Crippen LogP contribution in [0, 0.1) is 0 Å². The van der Waals surface area contributed by atoms with Crippen molar-refractivity contribution in [3.63, 3.8) is 0 Å². The molecule has 25 heavy (non-hydrogen) atoms. The van der Waals surface area contributed by atoms with E-state index < -0.39 is 23.9 Å². The first-order valence-corrected chi connectivity index (χ1v) is 7.70. The number of aliphatic hydroxyl groups is 1. The molecule has 3 heterocycles. The van der Waals surface area contributed by atoms with Crippen LogP contribution in [0.5, 0.6) is 0 Å². The maximum Gasteiger partial charge on any atom is 0.416 e. The fourth-order valence-corrected chi connectivity index (χ4v) is 3.36. The Hall–Kier alpha value is -2.68. The summed E-state index contributed by atoms with van der Waals surface area (Å²) in [6.07, 6.45) is -2.26. The first-order valence-electron chi connectivity index (χ1n) is 7.70. The predicted molar refractivity (Wildman–Crippen MR) is 83.8 cm³/mol. The maximum atomic E-state index is 13.4. The van der Waals surface area contributed by atoms with Crippen LogP contribution in [0.3, 0.4) is 0 Å². The summed E-state index contributed by atoms with van der Waals surface area (Å²) < 4.78 is 40.2. The molecule has 0 amide bonds. The number of alkyl halides is 3. The maximum absolute atomic E-state index is 13.4. The average molecular weight is 349 g/mol. The zero-order valence-electron chi connectivity index (χ0n) is 12.9. The van der Waals surface area contributed by atoms with Gasteiger partial charge in [0.15, 0.2) is 11.5 Å². The number of anilines is 1. The van der Waals surface area contributed by atoms with Gasteiger partial charge in [-0.3, -0.25) is 0 Å². The van der Waals surface area contributed by atoms with Gasteiger partial charge in [-0.1, -0.05) is 18.2 Å². The molecule has 2 atom stereocenters. The number of rotatable bonds is 2. The summed E-state index contributed by atoms with van der Waals surface area (Å²) in [5.41, 5.74) is 0.382. The lowest BCUT2D eigenvalue weighted by atomic mass is 9.97. The molecule has 0 bridgehead atoms. The summed E-state index contributed by atoms with van der Waals surface area (Å²) in [5, 5.41) is 10.1. The Morgan fingerprint density at radius 2 is 1.96 bits per heavy atom. The summed E-state index contributed by atoms with van der Waals surface area (Å²) in [5.74, 6) is 0.432. The summed E-state index contributed by atoms with van der Waals surface area (Å²) in [6.45, 7) is 0.183. The normalized spacial score (nSPS) is 21.2. The third-order valence-corrected chi connectivity index (χ3v) is 4.38. The molecular formula is C16H14F3N5O. The zero-order chi connectivity index (χ0) is 17.6. The van der Waals surface area contributed by atoms with Gasteiger partial charge in [-0.25, -0.2) is 15.0 Å². The fraction of sp³-hybridized carbons (Fsp3) is 0.312. The molecule has 1 aliphatic heterocycles. The molecule has 0 radical (unpaired) electrons. The minimum absolute atomic E-state index is 0.123. The van der Waals surface area contributed by atoms with Crippen LogP contribution < -0.4 is 4.90 Å². The lowest BCUT2D eigenvalue weighted by Gasteiger charge is -2.28. The molecule has 0 spiro atoms.